The highest BCUT2D eigenvalue weighted by molar-refractivity contribution is 7.93. The van der Waals surface area contributed by atoms with Crippen molar-refractivity contribution in [2.45, 2.75) is 41.1 Å². The lowest BCUT2D eigenvalue weighted by molar-refractivity contribution is 0.310. The molecule has 1 atom stereocenters. The monoisotopic (exact) mass is 602 g/mol. The van der Waals surface area contributed by atoms with E-state index in [2.05, 4.69) is 0 Å². The van der Waals surface area contributed by atoms with Gasteiger partial charge in [0.2, 0.25) is 0 Å². The summed E-state index contributed by atoms with van der Waals surface area (Å²) in [5.41, 5.74) is 7.09. The molecule has 39 heavy (non-hydrogen) atoms. The number of rotatable bonds is 11. The van der Waals surface area contributed by atoms with E-state index in [4.69, 9.17) is 46.9 Å². The van der Waals surface area contributed by atoms with Gasteiger partial charge in [0.25, 0.3) is 0 Å². The Morgan fingerprint density at radius 1 is 1.03 bits per heavy atom. The molecule has 224 valence electrons. The molecule has 4 N–H and O–H groups in total. The van der Waals surface area contributed by atoms with Gasteiger partial charge in [0.05, 0.1) is 47.0 Å². The average Bonchev–Trinajstić information content (AvgIpc) is 3.04. The summed E-state index contributed by atoms with van der Waals surface area (Å²) in [5, 5.41) is -1.15. The van der Waals surface area contributed by atoms with Gasteiger partial charge in [0.1, 0.15) is 9.84 Å². The van der Waals surface area contributed by atoms with Crippen LogP contribution in [0.5, 0.6) is 23.0 Å². The van der Waals surface area contributed by atoms with Gasteiger partial charge in [-0.05, 0) is 49.7 Å². The predicted molar refractivity (Wildman–Crippen MR) is 160 cm³/mol. The smallest absolute Gasteiger partial charge is 0.170 e. The predicted octanol–water partition coefficient (Wildman–Crippen LogP) is 4.20. The molecule has 0 aliphatic carbocycles. The third-order valence-electron chi connectivity index (χ3n) is 4.04. The van der Waals surface area contributed by atoms with Crippen molar-refractivity contribution in [3.05, 3.63) is 52.9 Å². The molecular formula is C27H46N2O8S2. The Morgan fingerprint density at radius 3 is 2.00 bits per heavy atom. The van der Waals surface area contributed by atoms with Crippen LogP contribution >= 0.6 is 0 Å². The zero-order valence-corrected chi connectivity index (χ0v) is 24.5. The fourth-order valence-corrected chi connectivity index (χ4v) is 3.45. The van der Waals surface area contributed by atoms with Crippen LogP contribution in [0, 0.1) is 0 Å². The molecule has 0 spiro atoms. The third kappa shape index (κ3) is 14.7. The minimum absolute atomic E-state index is 0.127. The summed E-state index contributed by atoms with van der Waals surface area (Å²) < 4.78 is 153. The Morgan fingerprint density at radius 2 is 1.54 bits per heavy atom. The second-order valence-corrected chi connectivity index (χ2v) is 9.06. The van der Waals surface area contributed by atoms with Gasteiger partial charge in [0.15, 0.2) is 32.8 Å². The Hall–Kier alpha value is -2.96. The SMILES string of the molecule is [2H]C.[2H]C(=C(N)c1ccc(OC)c(OCC)c1)S(=O)(=O)C([2H])([2H])[2H].[2H]C([2H])([2H])S(=O)(=O)C([2H])([2H])[C@@]([2H])(N)c1ccc(OC)c(OCC)c1.[2H]CC. The van der Waals surface area contributed by atoms with Gasteiger partial charge >= 0.3 is 0 Å². The van der Waals surface area contributed by atoms with E-state index in [9.17, 15) is 16.8 Å². The largest absolute Gasteiger partial charge is 0.493 e. The van der Waals surface area contributed by atoms with Gasteiger partial charge in [-0.1, -0.05) is 27.3 Å². The highest BCUT2D eigenvalue weighted by atomic mass is 32.2. The van der Waals surface area contributed by atoms with E-state index in [0.29, 0.717) is 25.0 Å². The van der Waals surface area contributed by atoms with Gasteiger partial charge in [0, 0.05) is 37.7 Å². The summed E-state index contributed by atoms with van der Waals surface area (Å²) in [7, 11) is -6.14. The minimum Gasteiger partial charge on any atom is -0.493 e. The second kappa shape index (κ2) is 18.3. The van der Waals surface area contributed by atoms with Crippen molar-refractivity contribution in [3.8, 4) is 23.0 Å². The van der Waals surface area contributed by atoms with Crippen LogP contribution in [0.3, 0.4) is 0 Å². The van der Waals surface area contributed by atoms with Crippen molar-refractivity contribution < 1.29 is 52.2 Å². The number of hydrogen-bond donors (Lipinski definition) is 2. The number of benzene rings is 2. The molecule has 0 saturated heterocycles. The number of sulfone groups is 2. The quantitative estimate of drug-likeness (QED) is 0.382. The molecule has 0 saturated carbocycles. The van der Waals surface area contributed by atoms with E-state index in [1.807, 2.05) is 0 Å². The van der Waals surface area contributed by atoms with Gasteiger partial charge in [-0.2, -0.15) is 0 Å². The molecule has 0 heterocycles. The number of nitrogens with two attached hydrogens (primary N) is 2. The molecule has 0 aromatic heterocycles. The summed E-state index contributed by atoms with van der Waals surface area (Å²) in [5.74, 6) is 1.12. The molecule has 0 radical (unpaired) electrons. The van der Waals surface area contributed by atoms with Crippen LogP contribution in [-0.2, 0) is 19.7 Å². The van der Waals surface area contributed by atoms with Crippen molar-refractivity contribution in [2.24, 2.45) is 11.5 Å². The molecule has 0 unspecified atom stereocenters. The van der Waals surface area contributed by atoms with Crippen LogP contribution in [-0.4, -0.2) is 62.3 Å². The van der Waals surface area contributed by atoms with Gasteiger partial charge in [-0.25, -0.2) is 16.8 Å². The molecule has 0 aliphatic rings. The van der Waals surface area contributed by atoms with E-state index < -0.39 is 54.8 Å². The van der Waals surface area contributed by atoms with Crippen LogP contribution in [0.25, 0.3) is 5.70 Å². The maximum absolute atomic E-state index is 12.0. The van der Waals surface area contributed by atoms with Crippen molar-refractivity contribution in [1.29, 1.82) is 0 Å². The molecule has 0 aliphatic heterocycles. The fraction of sp³-hybridized carbons (Fsp3) is 0.481. The van der Waals surface area contributed by atoms with Crippen LogP contribution in [0.15, 0.2) is 41.8 Å². The first-order chi connectivity index (χ1) is 23.2. The van der Waals surface area contributed by atoms with Crippen molar-refractivity contribution in [2.75, 3.05) is 45.5 Å². The molecule has 12 heteroatoms. The third-order valence-corrected chi connectivity index (χ3v) is 5.01. The molecule has 0 bridgehead atoms. The maximum atomic E-state index is 12.0. The van der Waals surface area contributed by atoms with Crippen LogP contribution < -0.4 is 30.4 Å². The number of hydrogen-bond acceptors (Lipinski definition) is 10. The molecule has 0 amide bonds. The first-order valence-electron chi connectivity index (χ1n) is 17.6. The number of ether oxygens (including phenoxy) is 4. The molecule has 10 nitrogen and oxygen atoms in total. The van der Waals surface area contributed by atoms with Crippen LogP contribution in [0.4, 0.5) is 0 Å². The zero-order chi connectivity index (χ0) is 40.8. The van der Waals surface area contributed by atoms with Crippen LogP contribution in [0.1, 0.15) is 68.7 Å². The molecular weight excluding hydrogens is 544 g/mol. The van der Waals surface area contributed by atoms with Crippen LogP contribution in [0.2, 0.25) is 0 Å². The van der Waals surface area contributed by atoms with E-state index in [1.54, 1.807) is 20.8 Å². The molecule has 2 aromatic carbocycles. The van der Waals surface area contributed by atoms with E-state index in [-0.39, 0.29) is 29.2 Å². The van der Waals surface area contributed by atoms with E-state index in [0.717, 1.165) is 6.07 Å². The lowest BCUT2D eigenvalue weighted by atomic mass is 10.1. The Kier molecular flexibility index (Phi) is 9.82. The minimum atomic E-state index is -5.37. The lowest BCUT2D eigenvalue weighted by Crippen LogP contribution is -2.20. The summed E-state index contributed by atoms with van der Waals surface area (Å²) in [6, 6.07) is 5.07. The van der Waals surface area contributed by atoms with Gasteiger partial charge < -0.3 is 30.4 Å². The lowest BCUT2D eigenvalue weighted by Gasteiger charge is -2.15. The molecule has 2 aromatic rings. The molecule has 2 rings (SSSR count). The highest BCUT2D eigenvalue weighted by Gasteiger charge is 2.15. The molecule has 0 fully saturated rings. The number of methoxy groups -OCH3 is 2. The van der Waals surface area contributed by atoms with Gasteiger partial charge in [-0.15, -0.1) is 0 Å². The summed E-state index contributed by atoms with van der Waals surface area (Å²) in [4.78, 5) is 0. The Labute approximate surface area is 252 Å². The van der Waals surface area contributed by atoms with E-state index in [1.165, 1.54) is 52.0 Å². The Bertz CT molecular complexity index is 1650. The zero-order valence-electron chi connectivity index (χ0n) is 34.8. The highest BCUT2D eigenvalue weighted by Crippen LogP contribution is 2.31. The summed E-state index contributed by atoms with van der Waals surface area (Å²) in [6.45, 7) is 6.29. The van der Waals surface area contributed by atoms with Crippen molar-refractivity contribution in [3.63, 3.8) is 0 Å². The maximum Gasteiger partial charge on any atom is 0.170 e. The van der Waals surface area contributed by atoms with Crippen molar-refractivity contribution in [1.82, 2.24) is 0 Å². The van der Waals surface area contributed by atoms with Gasteiger partial charge in [-0.3, -0.25) is 0 Å². The van der Waals surface area contributed by atoms with E-state index >= 15 is 0 Å². The summed E-state index contributed by atoms with van der Waals surface area (Å²) in [6.07, 6.45) is -7.00. The normalized spacial score (nSPS) is 18.2. The fourth-order valence-electron chi connectivity index (χ4n) is 2.63. The first-order valence-corrected chi connectivity index (χ1v) is 13.8. The second-order valence-electron chi connectivity index (χ2n) is 6.64. The standard InChI is InChI=1S/C12H19NO4S.C12H17NO4S.C2H6.CH4/c2*1-4-17-12-7-9(5-6-11(12)16-2)10(13)8-18(3,14)15;1-2;/h5-7,10H,4,8,13H2,1-3H3;5-8H,4,13H2,1-3H3;1-2H3;1H4/t10-;;;/m1.../s1/i3D3,8D2,10D;3D3,8D;2*1D. The summed E-state index contributed by atoms with van der Waals surface area (Å²) >= 11 is 0. The first kappa shape index (κ1) is 20.9. The Balaban J connectivity index is 0. The topological polar surface area (TPSA) is 157 Å². The van der Waals surface area contributed by atoms with Crippen molar-refractivity contribution >= 4 is 25.4 Å². The average molecular weight is 603 g/mol.